The summed E-state index contributed by atoms with van der Waals surface area (Å²) in [7, 11) is 0. The van der Waals surface area contributed by atoms with Crippen LogP contribution in [0.2, 0.25) is 0 Å². The second-order valence-electron chi connectivity index (χ2n) is 6.12. The second kappa shape index (κ2) is 7.79. The molecule has 0 aromatic heterocycles. The van der Waals surface area contributed by atoms with Crippen LogP contribution in [0.5, 0.6) is 0 Å². The third-order valence-corrected chi connectivity index (χ3v) is 4.02. The number of morpholine rings is 1. The minimum atomic E-state index is -0.365. The van der Waals surface area contributed by atoms with Gasteiger partial charge in [0.2, 0.25) is 0 Å². The number of urea groups is 1. The number of carbonyl (C=O) groups excluding carboxylic acids is 2. The van der Waals surface area contributed by atoms with Crippen molar-refractivity contribution in [3.8, 4) is 0 Å². The van der Waals surface area contributed by atoms with E-state index in [9.17, 15) is 9.59 Å². The van der Waals surface area contributed by atoms with Crippen LogP contribution in [-0.2, 0) is 14.3 Å². The fraction of sp³-hybridized carbons (Fsp3) is 0.750. The number of amides is 2. The van der Waals surface area contributed by atoms with Crippen LogP contribution < -0.4 is 10.6 Å². The Hall–Kier alpha value is -1.60. The zero-order valence-electron chi connectivity index (χ0n) is 14.3. The molecule has 7 nitrogen and oxygen atoms in total. The average molecular weight is 325 g/mol. The average Bonchev–Trinajstić information content (AvgIpc) is 2.45. The fourth-order valence-electron chi connectivity index (χ4n) is 3.22. The molecule has 0 unspecified atom stereocenters. The molecule has 0 aliphatic carbocycles. The minimum Gasteiger partial charge on any atom is -0.463 e. The number of rotatable bonds is 5. The van der Waals surface area contributed by atoms with Crippen molar-refractivity contribution in [1.29, 1.82) is 0 Å². The van der Waals surface area contributed by atoms with Crippen molar-refractivity contribution in [3.63, 3.8) is 0 Å². The summed E-state index contributed by atoms with van der Waals surface area (Å²) in [6.45, 7) is 10.1. The summed E-state index contributed by atoms with van der Waals surface area (Å²) in [5.74, 6) is -0.365. The Labute approximate surface area is 137 Å². The number of nitrogens with zero attached hydrogens (tertiary/aromatic N) is 1. The molecule has 2 amide bonds. The number of nitrogens with one attached hydrogen (secondary N) is 2. The lowest BCUT2D eigenvalue weighted by Gasteiger charge is -2.37. The Balaban J connectivity index is 2.24. The molecule has 0 aromatic carbocycles. The van der Waals surface area contributed by atoms with Gasteiger partial charge < -0.3 is 20.1 Å². The minimum absolute atomic E-state index is 0.129. The molecule has 0 bridgehead atoms. The van der Waals surface area contributed by atoms with Crippen molar-refractivity contribution >= 4 is 12.0 Å². The van der Waals surface area contributed by atoms with E-state index in [2.05, 4.69) is 15.5 Å². The van der Waals surface area contributed by atoms with E-state index in [0.717, 1.165) is 13.1 Å². The summed E-state index contributed by atoms with van der Waals surface area (Å²) < 4.78 is 10.9. The van der Waals surface area contributed by atoms with E-state index in [0.29, 0.717) is 30.8 Å². The van der Waals surface area contributed by atoms with E-state index in [1.54, 1.807) is 6.92 Å². The van der Waals surface area contributed by atoms with E-state index in [1.165, 1.54) is 0 Å². The van der Waals surface area contributed by atoms with Crippen molar-refractivity contribution in [2.75, 3.05) is 26.2 Å². The lowest BCUT2D eigenvalue weighted by atomic mass is 9.99. The maximum absolute atomic E-state index is 12.3. The van der Waals surface area contributed by atoms with E-state index < -0.39 is 0 Å². The lowest BCUT2D eigenvalue weighted by molar-refractivity contribution is -0.139. The maximum Gasteiger partial charge on any atom is 0.337 e. The number of carbonyl (C=O) groups is 2. The first-order valence-electron chi connectivity index (χ1n) is 8.30. The van der Waals surface area contributed by atoms with Crippen LogP contribution in [0.4, 0.5) is 4.79 Å². The third kappa shape index (κ3) is 4.45. The van der Waals surface area contributed by atoms with Gasteiger partial charge in [-0.1, -0.05) is 6.92 Å². The van der Waals surface area contributed by atoms with Crippen LogP contribution >= 0.6 is 0 Å². The summed E-state index contributed by atoms with van der Waals surface area (Å²) in [4.78, 5) is 26.4. The molecular formula is C16H27N3O4. The molecule has 0 aromatic rings. The molecule has 0 radical (unpaired) electrons. The van der Waals surface area contributed by atoms with Crippen LogP contribution in [0.1, 0.15) is 34.1 Å². The van der Waals surface area contributed by atoms with Crippen molar-refractivity contribution in [1.82, 2.24) is 15.5 Å². The van der Waals surface area contributed by atoms with E-state index >= 15 is 0 Å². The van der Waals surface area contributed by atoms with Crippen molar-refractivity contribution in [3.05, 3.63) is 11.3 Å². The summed E-state index contributed by atoms with van der Waals surface area (Å²) in [6.07, 6.45) is 0.899. The molecule has 130 valence electrons. The van der Waals surface area contributed by atoms with Gasteiger partial charge in [-0.3, -0.25) is 4.90 Å². The van der Waals surface area contributed by atoms with Crippen molar-refractivity contribution in [2.24, 2.45) is 0 Å². The van der Waals surface area contributed by atoms with Crippen LogP contribution in [0, 0.1) is 0 Å². The van der Waals surface area contributed by atoms with Crippen molar-refractivity contribution in [2.45, 2.75) is 52.4 Å². The Kier molecular flexibility index (Phi) is 6.01. The highest BCUT2D eigenvalue weighted by atomic mass is 16.5. The Bertz CT molecular complexity index is 482. The monoisotopic (exact) mass is 325 g/mol. The third-order valence-electron chi connectivity index (χ3n) is 4.02. The topological polar surface area (TPSA) is 79.9 Å². The molecule has 2 N–H and O–H groups in total. The fourth-order valence-corrected chi connectivity index (χ4v) is 3.22. The highest BCUT2D eigenvalue weighted by molar-refractivity contribution is 5.94. The van der Waals surface area contributed by atoms with Gasteiger partial charge in [0, 0.05) is 25.3 Å². The van der Waals surface area contributed by atoms with Gasteiger partial charge in [-0.25, -0.2) is 9.59 Å². The Morgan fingerprint density at radius 2 is 1.96 bits per heavy atom. The standard InChI is InChI=1S/C16H27N3O4/c1-5-12-14(15(20)22-6-2)13(18-16(21)17-12)9-19-7-10(3)23-11(4)8-19/h10-12H,5-9H2,1-4H3,(H2,17,18,21)/t10-,11-,12-/m1/s1. The predicted molar refractivity (Wildman–Crippen MR) is 85.9 cm³/mol. The summed E-state index contributed by atoms with van der Waals surface area (Å²) in [5.41, 5.74) is 1.17. The molecule has 1 fully saturated rings. The number of esters is 1. The van der Waals surface area contributed by atoms with Crippen LogP contribution in [-0.4, -0.2) is 61.4 Å². The highest BCUT2D eigenvalue weighted by Crippen LogP contribution is 2.19. The molecule has 2 rings (SSSR count). The smallest absolute Gasteiger partial charge is 0.337 e. The summed E-state index contributed by atoms with van der Waals surface area (Å²) in [6, 6.07) is -0.581. The molecule has 2 aliphatic heterocycles. The van der Waals surface area contributed by atoms with E-state index in [-0.39, 0.29) is 30.3 Å². The summed E-state index contributed by atoms with van der Waals surface area (Å²) in [5, 5.41) is 5.58. The number of hydrogen-bond acceptors (Lipinski definition) is 5. The van der Waals surface area contributed by atoms with Gasteiger partial charge in [0.25, 0.3) is 0 Å². The molecule has 2 heterocycles. The van der Waals surface area contributed by atoms with E-state index in [4.69, 9.17) is 9.47 Å². The van der Waals surface area contributed by atoms with Gasteiger partial charge in [-0.15, -0.1) is 0 Å². The molecule has 7 heteroatoms. The SMILES string of the molecule is CCOC(=O)C1=C(CN2C[C@@H](C)O[C@H](C)C2)NC(=O)N[C@@H]1CC. The molecule has 0 saturated carbocycles. The van der Waals surface area contributed by atoms with Gasteiger partial charge in [0.15, 0.2) is 0 Å². The molecule has 23 heavy (non-hydrogen) atoms. The molecular weight excluding hydrogens is 298 g/mol. The van der Waals surface area contributed by atoms with Gasteiger partial charge in [-0.05, 0) is 27.2 Å². The lowest BCUT2D eigenvalue weighted by Crippen LogP contribution is -2.54. The molecule has 2 aliphatic rings. The molecule has 0 spiro atoms. The van der Waals surface area contributed by atoms with Crippen molar-refractivity contribution < 1.29 is 19.1 Å². The maximum atomic E-state index is 12.3. The first kappa shape index (κ1) is 17.7. The second-order valence-corrected chi connectivity index (χ2v) is 6.12. The normalized spacial score (nSPS) is 29.0. The van der Waals surface area contributed by atoms with E-state index in [1.807, 2.05) is 20.8 Å². The quantitative estimate of drug-likeness (QED) is 0.737. The van der Waals surface area contributed by atoms with Crippen LogP contribution in [0.3, 0.4) is 0 Å². The Morgan fingerprint density at radius 3 is 2.52 bits per heavy atom. The van der Waals surface area contributed by atoms with Gasteiger partial charge in [0.05, 0.1) is 30.4 Å². The highest BCUT2D eigenvalue weighted by Gasteiger charge is 2.33. The largest absolute Gasteiger partial charge is 0.463 e. The van der Waals surface area contributed by atoms with Gasteiger partial charge in [0.1, 0.15) is 0 Å². The zero-order valence-corrected chi connectivity index (χ0v) is 14.3. The van der Waals surface area contributed by atoms with Gasteiger partial charge >= 0.3 is 12.0 Å². The molecule has 1 saturated heterocycles. The summed E-state index contributed by atoms with van der Waals surface area (Å²) >= 11 is 0. The predicted octanol–water partition coefficient (Wildman–Crippen LogP) is 1.00. The first-order chi connectivity index (χ1) is 10.9. The number of hydrogen-bond donors (Lipinski definition) is 2. The van der Waals surface area contributed by atoms with Crippen LogP contribution in [0.15, 0.2) is 11.3 Å². The zero-order chi connectivity index (χ0) is 17.0. The number of ether oxygens (including phenoxy) is 2. The Morgan fingerprint density at radius 1 is 1.30 bits per heavy atom. The van der Waals surface area contributed by atoms with Gasteiger partial charge in [-0.2, -0.15) is 0 Å². The first-order valence-corrected chi connectivity index (χ1v) is 8.30. The molecule has 3 atom stereocenters. The van der Waals surface area contributed by atoms with Crippen LogP contribution in [0.25, 0.3) is 0 Å².